The number of nitrogens with one attached hydrogen (secondary N) is 1. The second-order valence-corrected chi connectivity index (χ2v) is 5.20. The standard InChI is InChI=1S/C17H18FNO6/c1-9-14(24-16(20)22-3)13(11-5-7-12(18)8-6-11)15(10(2)19-9)25-17(21)23-4/h5-8,13,19H,1-4H3. The van der Waals surface area contributed by atoms with Gasteiger partial charge in [-0.3, -0.25) is 0 Å². The molecule has 0 radical (unpaired) electrons. The lowest BCUT2D eigenvalue weighted by molar-refractivity contribution is 0.0785. The van der Waals surface area contributed by atoms with Gasteiger partial charge >= 0.3 is 12.3 Å². The zero-order valence-corrected chi connectivity index (χ0v) is 14.2. The molecule has 1 aliphatic rings. The Labute approximate surface area is 144 Å². The molecule has 0 amide bonds. The molecule has 0 bridgehead atoms. The van der Waals surface area contributed by atoms with Crippen molar-refractivity contribution in [3.63, 3.8) is 0 Å². The highest BCUT2D eigenvalue weighted by Gasteiger charge is 2.35. The van der Waals surface area contributed by atoms with E-state index in [0.29, 0.717) is 17.0 Å². The molecule has 0 spiro atoms. The number of benzene rings is 1. The van der Waals surface area contributed by atoms with Crippen molar-refractivity contribution < 1.29 is 32.9 Å². The minimum atomic E-state index is -0.930. The highest BCUT2D eigenvalue weighted by Crippen LogP contribution is 2.39. The quantitative estimate of drug-likeness (QED) is 0.834. The molecule has 1 N–H and O–H groups in total. The summed E-state index contributed by atoms with van der Waals surface area (Å²) in [6.07, 6.45) is -1.86. The number of hydrogen-bond donors (Lipinski definition) is 1. The van der Waals surface area contributed by atoms with Gasteiger partial charge in [0, 0.05) is 0 Å². The van der Waals surface area contributed by atoms with Gasteiger partial charge in [-0.2, -0.15) is 0 Å². The van der Waals surface area contributed by atoms with Crippen molar-refractivity contribution in [1.82, 2.24) is 5.32 Å². The normalized spacial score (nSPS) is 14.8. The molecule has 0 unspecified atom stereocenters. The summed E-state index contributed by atoms with van der Waals surface area (Å²) < 4.78 is 32.8. The van der Waals surface area contributed by atoms with Crippen LogP contribution in [0.3, 0.4) is 0 Å². The number of carbonyl (C=O) groups is 2. The number of dihydropyridines is 1. The highest BCUT2D eigenvalue weighted by molar-refractivity contribution is 5.64. The van der Waals surface area contributed by atoms with E-state index in [-0.39, 0.29) is 11.5 Å². The molecular formula is C17H18FNO6. The van der Waals surface area contributed by atoms with Gasteiger partial charge in [-0.25, -0.2) is 14.0 Å². The molecule has 7 nitrogen and oxygen atoms in total. The fourth-order valence-electron chi connectivity index (χ4n) is 2.45. The van der Waals surface area contributed by atoms with Crippen molar-refractivity contribution in [2.24, 2.45) is 0 Å². The van der Waals surface area contributed by atoms with Crippen LogP contribution in [0, 0.1) is 5.82 Å². The van der Waals surface area contributed by atoms with E-state index in [0.717, 1.165) is 0 Å². The van der Waals surface area contributed by atoms with Gasteiger partial charge in [0.1, 0.15) is 23.3 Å². The Hall–Kier alpha value is -3.03. The third-order valence-electron chi connectivity index (χ3n) is 3.56. The maximum absolute atomic E-state index is 13.3. The van der Waals surface area contributed by atoms with Crippen molar-refractivity contribution in [2.45, 2.75) is 19.8 Å². The molecular weight excluding hydrogens is 333 g/mol. The summed E-state index contributed by atoms with van der Waals surface area (Å²) in [5.41, 5.74) is 1.60. The van der Waals surface area contributed by atoms with Crippen LogP contribution in [0.5, 0.6) is 0 Å². The first-order valence-electron chi connectivity index (χ1n) is 7.33. The molecule has 2 rings (SSSR count). The molecule has 1 aliphatic heterocycles. The second-order valence-electron chi connectivity index (χ2n) is 5.20. The lowest BCUT2D eigenvalue weighted by atomic mass is 9.90. The Balaban J connectivity index is 2.53. The van der Waals surface area contributed by atoms with Crippen molar-refractivity contribution in [1.29, 1.82) is 0 Å². The van der Waals surface area contributed by atoms with E-state index in [4.69, 9.17) is 9.47 Å². The lowest BCUT2D eigenvalue weighted by Crippen LogP contribution is -2.29. The molecule has 0 atom stereocenters. The summed E-state index contributed by atoms with van der Waals surface area (Å²) in [5.74, 6) is -0.851. The molecule has 0 saturated carbocycles. The number of allylic oxidation sites excluding steroid dienone is 2. The predicted octanol–water partition coefficient (Wildman–Crippen LogP) is 3.54. The van der Waals surface area contributed by atoms with Crippen LogP contribution in [0.25, 0.3) is 0 Å². The van der Waals surface area contributed by atoms with Crippen molar-refractivity contribution in [2.75, 3.05) is 14.2 Å². The van der Waals surface area contributed by atoms with E-state index >= 15 is 0 Å². The van der Waals surface area contributed by atoms with Crippen LogP contribution in [-0.4, -0.2) is 26.5 Å². The molecule has 25 heavy (non-hydrogen) atoms. The fraction of sp³-hybridized carbons (Fsp3) is 0.294. The summed E-state index contributed by atoms with van der Waals surface area (Å²) in [4.78, 5) is 23.2. The van der Waals surface area contributed by atoms with Gasteiger partial charge in [0.25, 0.3) is 0 Å². The van der Waals surface area contributed by atoms with E-state index in [2.05, 4.69) is 14.8 Å². The average molecular weight is 351 g/mol. The molecule has 0 aliphatic carbocycles. The van der Waals surface area contributed by atoms with Gasteiger partial charge in [0.15, 0.2) is 0 Å². The Kier molecular flexibility index (Phi) is 5.63. The largest absolute Gasteiger partial charge is 0.513 e. The fourth-order valence-corrected chi connectivity index (χ4v) is 2.45. The van der Waals surface area contributed by atoms with Gasteiger partial charge in [-0.1, -0.05) is 12.1 Å². The van der Waals surface area contributed by atoms with Crippen LogP contribution in [0.1, 0.15) is 25.3 Å². The zero-order valence-electron chi connectivity index (χ0n) is 14.2. The second kappa shape index (κ2) is 7.69. The number of carbonyl (C=O) groups excluding carboxylic acids is 2. The van der Waals surface area contributed by atoms with Crippen LogP contribution in [-0.2, 0) is 18.9 Å². The van der Waals surface area contributed by atoms with E-state index in [1.165, 1.54) is 38.5 Å². The third kappa shape index (κ3) is 4.09. The van der Waals surface area contributed by atoms with Crippen LogP contribution < -0.4 is 5.32 Å². The maximum atomic E-state index is 13.3. The molecule has 1 heterocycles. The molecule has 0 fully saturated rings. The van der Waals surface area contributed by atoms with Gasteiger partial charge in [-0.15, -0.1) is 0 Å². The molecule has 134 valence electrons. The van der Waals surface area contributed by atoms with Gasteiger partial charge in [0.05, 0.1) is 25.6 Å². The van der Waals surface area contributed by atoms with Gasteiger partial charge < -0.3 is 24.3 Å². The van der Waals surface area contributed by atoms with E-state index < -0.39 is 24.0 Å². The van der Waals surface area contributed by atoms with Crippen LogP contribution in [0.4, 0.5) is 14.0 Å². The van der Waals surface area contributed by atoms with E-state index in [1.807, 2.05) is 0 Å². The first-order chi connectivity index (χ1) is 11.9. The Morgan fingerprint density at radius 3 is 1.76 bits per heavy atom. The Morgan fingerprint density at radius 1 is 0.920 bits per heavy atom. The first-order valence-corrected chi connectivity index (χ1v) is 7.33. The monoisotopic (exact) mass is 351 g/mol. The van der Waals surface area contributed by atoms with Crippen LogP contribution in [0.15, 0.2) is 47.2 Å². The molecule has 1 aromatic carbocycles. The smallest absolute Gasteiger partial charge is 0.437 e. The third-order valence-corrected chi connectivity index (χ3v) is 3.56. The summed E-state index contributed by atoms with van der Waals surface area (Å²) in [7, 11) is 2.35. The van der Waals surface area contributed by atoms with Crippen molar-refractivity contribution in [3.05, 3.63) is 58.6 Å². The summed E-state index contributed by atoms with van der Waals surface area (Å²) in [5, 5.41) is 2.97. The number of halogens is 1. The SMILES string of the molecule is COC(=O)OC1=C(C)NC(C)=C(OC(=O)OC)C1c1ccc(F)cc1. The lowest BCUT2D eigenvalue weighted by Gasteiger charge is -2.30. The first kappa shape index (κ1) is 18.3. The topological polar surface area (TPSA) is 83.1 Å². The average Bonchev–Trinajstić information content (AvgIpc) is 2.59. The van der Waals surface area contributed by atoms with Crippen LogP contribution in [0.2, 0.25) is 0 Å². The summed E-state index contributed by atoms with van der Waals surface area (Å²) in [6.45, 7) is 3.38. The molecule has 8 heteroatoms. The maximum Gasteiger partial charge on any atom is 0.513 e. The number of methoxy groups -OCH3 is 2. The number of ether oxygens (including phenoxy) is 4. The minimum Gasteiger partial charge on any atom is -0.437 e. The molecule has 0 aromatic heterocycles. The number of hydrogen-bond acceptors (Lipinski definition) is 7. The van der Waals surface area contributed by atoms with Crippen molar-refractivity contribution >= 4 is 12.3 Å². The highest BCUT2D eigenvalue weighted by atomic mass is 19.1. The Bertz CT molecular complexity index is 698. The predicted molar refractivity (Wildman–Crippen MR) is 84.7 cm³/mol. The molecule has 0 saturated heterocycles. The summed E-state index contributed by atoms with van der Waals surface area (Å²) >= 11 is 0. The zero-order chi connectivity index (χ0) is 18.6. The van der Waals surface area contributed by atoms with Gasteiger partial charge in [-0.05, 0) is 31.5 Å². The summed E-state index contributed by atoms with van der Waals surface area (Å²) in [6, 6.07) is 5.53. The van der Waals surface area contributed by atoms with Crippen molar-refractivity contribution in [3.8, 4) is 0 Å². The number of rotatable bonds is 3. The molecule has 1 aromatic rings. The van der Waals surface area contributed by atoms with Gasteiger partial charge in [0.2, 0.25) is 0 Å². The minimum absolute atomic E-state index is 0.169. The Morgan fingerprint density at radius 2 is 1.36 bits per heavy atom. The van der Waals surface area contributed by atoms with E-state index in [9.17, 15) is 14.0 Å². The van der Waals surface area contributed by atoms with E-state index in [1.54, 1.807) is 13.8 Å². The van der Waals surface area contributed by atoms with Crippen LogP contribution >= 0.6 is 0 Å².